The molecule has 0 aliphatic carbocycles. The third kappa shape index (κ3) is 2.70. The molecule has 1 aromatic rings. The standard InChI is InChI=1S/C10H13FO2/c1-3-13-7-8-4-5-10(12-2)9(11)6-8/h4-6H,3,7H2,1-2H3. The molecule has 0 heterocycles. The molecule has 0 bridgehead atoms. The summed E-state index contributed by atoms with van der Waals surface area (Å²) < 4.78 is 23.0. The Labute approximate surface area is 77.3 Å². The van der Waals surface area contributed by atoms with Crippen molar-refractivity contribution in [3.63, 3.8) is 0 Å². The Morgan fingerprint density at radius 1 is 1.38 bits per heavy atom. The molecule has 0 spiro atoms. The summed E-state index contributed by atoms with van der Waals surface area (Å²) in [4.78, 5) is 0. The van der Waals surface area contributed by atoms with Crippen LogP contribution in [0.1, 0.15) is 12.5 Å². The quantitative estimate of drug-likeness (QED) is 0.715. The Morgan fingerprint density at radius 2 is 2.15 bits per heavy atom. The van der Waals surface area contributed by atoms with E-state index in [1.807, 2.05) is 6.92 Å². The lowest BCUT2D eigenvalue weighted by Crippen LogP contribution is -1.94. The van der Waals surface area contributed by atoms with Gasteiger partial charge < -0.3 is 9.47 Å². The Hall–Kier alpha value is -1.09. The first-order valence-corrected chi connectivity index (χ1v) is 4.18. The first kappa shape index (κ1) is 9.99. The first-order chi connectivity index (χ1) is 6.27. The van der Waals surface area contributed by atoms with Crippen LogP contribution in [0.4, 0.5) is 4.39 Å². The van der Waals surface area contributed by atoms with Crippen molar-refractivity contribution in [3.8, 4) is 5.75 Å². The highest BCUT2D eigenvalue weighted by atomic mass is 19.1. The summed E-state index contributed by atoms with van der Waals surface area (Å²) in [6.07, 6.45) is 0. The fourth-order valence-electron chi connectivity index (χ4n) is 1.02. The molecule has 0 saturated carbocycles. The van der Waals surface area contributed by atoms with Gasteiger partial charge in [-0.1, -0.05) is 6.07 Å². The average Bonchev–Trinajstić information content (AvgIpc) is 2.15. The molecule has 72 valence electrons. The predicted octanol–water partition coefficient (Wildman–Crippen LogP) is 2.37. The summed E-state index contributed by atoms with van der Waals surface area (Å²) in [6.45, 7) is 2.98. The van der Waals surface area contributed by atoms with Gasteiger partial charge in [0.2, 0.25) is 0 Å². The number of rotatable bonds is 4. The number of ether oxygens (including phenoxy) is 2. The summed E-state index contributed by atoms with van der Waals surface area (Å²) in [7, 11) is 1.45. The molecule has 1 aromatic carbocycles. The minimum atomic E-state index is -0.347. The van der Waals surface area contributed by atoms with Crippen LogP contribution < -0.4 is 4.74 Å². The van der Waals surface area contributed by atoms with Crippen molar-refractivity contribution in [2.24, 2.45) is 0 Å². The van der Waals surface area contributed by atoms with Crippen molar-refractivity contribution in [2.45, 2.75) is 13.5 Å². The summed E-state index contributed by atoms with van der Waals surface area (Å²) in [6, 6.07) is 4.82. The van der Waals surface area contributed by atoms with E-state index in [1.54, 1.807) is 12.1 Å². The van der Waals surface area contributed by atoms with Gasteiger partial charge in [-0.2, -0.15) is 0 Å². The molecular weight excluding hydrogens is 171 g/mol. The minimum Gasteiger partial charge on any atom is -0.494 e. The lowest BCUT2D eigenvalue weighted by atomic mass is 10.2. The highest BCUT2D eigenvalue weighted by molar-refractivity contribution is 5.28. The molecule has 0 fully saturated rings. The molecule has 0 N–H and O–H groups in total. The summed E-state index contributed by atoms with van der Waals surface area (Å²) >= 11 is 0. The van der Waals surface area contributed by atoms with E-state index in [9.17, 15) is 4.39 Å². The third-order valence-corrected chi connectivity index (χ3v) is 1.69. The Balaban J connectivity index is 2.71. The molecule has 0 radical (unpaired) electrons. The van der Waals surface area contributed by atoms with E-state index in [1.165, 1.54) is 13.2 Å². The van der Waals surface area contributed by atoms with Crippen molar-refractivity contribution in [1.29, 1.82) is 0 Å². The Bertz CT molecular complexity index is 274. The predicted molar refractivity (Wildman–Crippen MR) is 48.3 cm³/mol. The smallest absolute Gasteiger partial charge is 0.165 e. The largest absolute Gasteiger partial charge is 0.494 e. The monoisotopic (exact) mass is 184 g/mol. The van der Waals surface area contributed by atoms with E-state index in [4.69, 9.17) is 9.47 Å². The van der Waals surface area contributed by atoms with Crippen LogP contribution in [0, 0.1) is 5.82 Å². The van der Waals surface area contributed by atoms with Crippen LogP contribution in [0.5, 0.6) is 5.75 Å². The van der Waals surface area contributed by atoms with E-state index in [-0.39, 0.29) is 11.6 Å². The number of halogens is 1. The zero-order chi connectivity index (χ0) is 9.68. The molecule has 0 aliphatic heterocycles. The lowest BCUT2D eigenvalue weighted by Gasteiger charge is -2.04. The van der Waals surface area contributed by atoms with Gasteiger partial charge in [-0.3, -0.25) is 0 Å². The lowest BCUT2D eigenvalue weighted by molar-refractivity contribution is 0.134. The molecule has 0 aromatic heterocycles. The fourth-order valence-corrected chi connectivity index (χ4v) is 1.02. The Kier molecular flexibility index (Phi) is 3.71. The summed E-state index contributed by atoms with van der Waals surface area (Å²) in [5, 5.41) is 0. The summed E-state index contributed by atoms with van der Waals surface area (Å²) in [5.41, 5.74) is 0.820. The van der Waals surface area contributed by atoms with E-state index in [2.05, 4.69) is 0 Å². The van der Waals surface area contributed by atoms with Crippen molar-refractivity contribution in [2.75, 3.05) is 13.7 Å². The van der Waals surface area contributed by atoms with Gasteiger partial charge in [0.25, 0.3) is 0 Å². The van der Waals surface area contributed by atoms with Crippen LogP contribution in [0.3, 0.4) is 0 Å². The maximum atomic E-state index is 13.1. The van der Waals surface area contributed by atoms with Crippen molar-refractivity contribution < 1.29 is 13.9 Å². The van der Waals surface area contributed by atoms with Crippen molar-refractivity contribution >= 4 is 0 Å². The van der Waals surface area contributed by atoms with E-state index in [0.29, 0.717) is 13.2 Å². The zero-order valence-corrected chi connectivity index (χ0v) is 7.84. The third-order valence-electron chi connectivity index (χ3n) is 1.69. The van der Waals surface area contributed by atoms with Crippen LogP contribution in [0.25, 0.3) is 0 Å². The molecule has 1 rings (SSSR count). The average molecular weight is 184 g/mol. The molecule has 2 nitrogen and oxygen atoms in total. The second kappa shape index (κ2) is 4.82. The van der Waals surface area contributed by atoms with Gasteiger partial charge in [0.15, 0.2) is 11.6 Å². The van der Waals surface area contributed by atoms with Crippen LogP contribution in [0.2, 0.25) is 0 Å². The van der Waals surface area contributed by atoms with Crippen LogP contribution in [-0.2, 0) is 11.3 Å². The molecule has 0 saturated heterocycles. The van der Waals surface area contributed by atoms with E-state index >= 15 is 0 Å². The zero-order valence-electron chi connectivity index (χ0n) is 7.84. The molecular formula is C10H13FO2. The molecule has 0 atom stereocenters. The first-order valence-electron chi connectivity index (χ1n) is 4.18. The fraction of sp³-hybridized carbons (Fsp3) is 0.400. The maximum absolute atomic E-state index is 13.1. The highest BCUT2D eigenvalue weighted by Gasteiger charge is 2.02. The minimum absolute atomic E-state index is 0.264. The molecule has 3 heteroatoms. The van der Waals surface area contributed by atoms with Gasteiger partial charge in [-0.05, 0) is 24.6 Å². The van der Waals surface area contributed by atoms with Gasteiger partial charge >= 0.3 is 0 Å². The molecule has 0 amide bonds. The van der Waals surface area contributed by atoms with E-state index in [0.717, 1.165) is 5.56 Å². The number of methoxy groups -OCH3 is 1. The van der Waals surface area contributed by atoms with E-state index < -0.39 is 0 Å². The SMILES string of the molecule is CCOCc1ccc(OC)c(F)c1. The topological polar surface area (TPSA) is 18.5 Å². The van der Waals surface area contributed by atoms with Crippen molar-refractivity contribution in [1.82, 2.24) is 0 Å². The normalized spacial score (nSPS) is 10.1. The summed E-state index contributed by atoms with van der Waals surface area (Å²) in [5.74, 6) is -0.0834. The second-order valence-corrected chi connectivity index (χ2v) is 2.61. The second-order valence-electron chi connectivity index (χ2n) is 2.61. The number of hydrogen-bond donors (Lipinski definition) is 0. The molecule has 0 unspecified atom stereocenters. The van der Waals surface area contributed by atoms with Crippen LogP contribution >= 0.6 is 0 Å². The van der Waals surface area contributed by atoms with Gasteiger partial charge in [0, 0.05) is 6.61 Å². The van der Waals surface area contributed by atoms with Crippen LogP contribution in [-0.4, -0.2) is 13.7 Å². The molecule has 0 aliphatic rings. The maximum Gasteiger partial charge on any atom is 0.165 e. The number of hydrogen-bond acceptors (Lipinski definition) is 2. The highest BCUT2D eigenvalue weighted by Crippen LogP contribution is 2.17. The van der Waals surface area contributed by atoms with Crippen LogP contribution in [0.15, 0.2) is 18.2 Å². The van der Waals surface area contributed by atoms with Gasteiger partial charge in [-0.25, -0.2) is 4.39 Å². The van der Waals surface area contributed by atoms with Crippen molar-refractivity contribution in [3.05, 3.63) is 29.6 Å². The molecule has 13 heavy (non-hydrogen) atoms. The van der Waals surface area contributed by atoms with Gasteiger partial charge in [0.05, 0.1) is 13.7 Å². The number of benzene rings is 1. The van der Waals surface area contributed by atoms with Gasteiger partial charge in [0.1, 0.15) is 0 Å². The Morgan fingerprint density at radius 3 is 2.69 bits per heavy atom. The van der Waals surface area contributed by atoms with Gasteiger partial charge in [-0.15, -0.1) is 0 Å².